The second-order valence-corrected chi connectivity index (χ2v) is 5.30. The molecule has 0 fully saturated rings. The Kier molecular flexibility index (Phi) is 3.62. The van der Waals surface area contributed by atoms with Gasteiger partial charge in [-0.2, -0.15) is 5.10 Å². The minimum absolute atomic E-state index is 0.337. The summed E-state index contributed by atoms with van der Waals surface area (Å²) in [5.41, 5.74) is 3.15. The summed E-state index contributed by atoms with van der Waals surface area (Å²) >= 11 is 0. The molecule has 108 valence electrons. The van der Waals surface area contributed by atoms with Crippen LogP contribution in [-0.2, 0) is 20.1 Å². The molecular weight excluding hydrogens is 262 g/mol. The fourth-order valence-electron chi connectivity index (χ4n) is 2.65. The molecule has 0 aliphatic heterocycles. The summed E-state index contributed by atoms with van der Waals surface area (Å²) in [7, 11) is 1.92. The Morgan fingerprint density at radius 3 is 2.71 bits per heavy atom. The fourth-order valence-corrected chi connectivity index (χ4v) is 2.65. The van der Waals surface area contributed by atoms with Crippen molar-refractivity contribution < 1.29 is 5.11 Å². The number of rotatable bonds is 4. The Hall–Kier alpha value is -2.33. The molecule has 4 heteroatoms. The Labute approximate surface area is 124 Å². The maximum absolute atomic E-state index is 10.1. The number of benzene rings is 2. The lowest BCUT2D eigenvalue weighted by Gasteiger charge is -2.10. The molecular formula is C17H19N3O. The molecule has 2 aromatic carbocycles. The standard InChI is InChI=1S/C17H19N3O/c1-12-14(11-20(2)19-12)9-18-10-16-15-6-4-3-5-13(15)7-8-17(16)21/h3-8,11,18,21H,9-10H2,1-2H3. The average Bonchev–Trinajstić information content (AvgIpc) is 2.79. The lowest BCUT2D eigenvalue weighted by atomic mass is 10.0. The van der Waals surface area contributed by atoms with Crippen molar-refractivity contribution in [3.63, 3.8) is 0 Å². The number of hydrogen-bond donors (Lipinski definition) is 2. The van der Waals surface area contributed by atoms with Gasteiger partial charge in [0, 0.05) is 37.5 Å². The molecule has 0 aliphatic rings. The highest BCUT2D eigenvalue weighted by Crippen LogP contribution is 2.26. The first-order chi connectivity index (χ1) is 10.1. The van der Waals surface area contributed by atoms with Gasteiger partial charge in [0.1, 0.15) is 5.75 Å². The minimum atomic E-state index is 0.337. The first kappa shape index (κ1) is 13.6. The molecule has 2 N–H and O–H groups in total. The van der Waals surface area contributed by atoms with Crippen LogP contribution in [0.1, 0.15) is 16.8 Å². The summed E-state index contributed by atoms with van der Waals surface area (Å²) in [5.74, 6) is 0.337. The van der Waals surface area contributed by atoms with E-state index < -0.39 is 0 Å². The molecule has 1 heterocycles. The van der Waals surface area contributed by atoms with Gasteiger partial charge in [0.15, 0.2) is 0 Å². The second kappa shape index (κ2) is 5.58. The zero-order chi connectivity index (χ0) is 14.8. The van der Waals surface area contributed by atoms with E-state index in [4.69, 9.17) is 0 Å². The largest absolute Gasteiger partial charge is 0.508 e. The molecule has 0 saturated carbocycles. The Morgan fingerprint density at radius 2 is 1.95 bits per heavy atom. The fraction of sp³-hybridized carbons (Fsp3) is 0.235. The lowest BCUT2D eigenvalue weighted by molar-refractivity contribution is 0.466. The molecule has 0 spiro atoms. The number of phenols is 1. The van der Waals surface area contributed by atoms with Gasteiger partial charge in [0.2, 0.25) is 0 Å². The van der Waals surface area contributed by atoms with E-state index in [1.807, 2.05) is 49.1 Å². The topological polar surface area (TPSA) is 50.1 Å². The molecule has 4 nitrogen and oxygen atoms in total. The van der Waals surface area contributed by atoms with Crippen LogP contribution in [0.25, 0.3) is 10.8 Å². The van der Waals surface area contributed by atoms with E-state index in [9.17, 15) is 5.11 Å². The van der Waals surface area contributed by atoms with Gasteiger partial charge in [0.25, 0.3) is 0 Å². The maximum atomic E-state index is 10.1. The molecule has 3 rings (SSSR count). The van der Waals surface area contributed by atoms with Crippen molar-refractivity contribution in [3.05, 3.63) is 59.4 Å². The first-order valence-electron chi connectivity index (χ1n) is 7.04. The third-order valence-electron chi connectivity index (χ3n) is 3.75. The minimum Gasteiger partial charge on any atom is -0.508 e. The number of fused-ring (bicyclic) bond motifs is 1. The lowest BCUT2D eigenvalue weighted by Crippen LogP contribution is -2.13. The van der Waals surface area contributed by atoms with Crippen molar-refractivity contribution in [1.82, 2.24) is 15.1 Å². The van der Waals surface area contributed by atoms with Gasteiger partial charge in [-0.3, -0.25) is 4.68 Å². The van der Waals surface area contributed by atoms with Crippen molar-refractivity contribution in [2.45, 2.75) is 20.0 Å². The highest BCUT2D eigenvalue weighted by Gasteiger charge is 2.07. The van der Waals surface area contributed by atoms with Crippen molar-refractivity contribution in [2.24, 2.45) is 7.05 Å². The molecule has 1 aromatic heterocycles. The third-order valence-corrected chi connectivity index (χ3v) is 3.75. The van der Waals surface area contributed by atoms with Gasteiger partial charge in [0.05, 0.1) is 5.69 Å². The van der Waals surface area contributed by atoms with E-state index in [0.29, 0.717) is 12.3 Å². The van der Waals surface area contributed by atoms with Gasteiger partial charge in [-0.1, -0.05) is 30.3 Å². The number of aromatic hydroxyl groups is 1. The van der Waals surface area contributed by atoms with Crippen molar-refractivity contribution in [1.29, 1.82) is 0 Å². The van der Waals surface area contributed by atoms with Gasteiger partial charge in [-0.25, -0.2) is 0 Å². The van der Waals surface area contributed by atoms with E-state index in [2.05, 4.69) is 16.5 Å². The Balaban J connectivity index is 1.79. The molecule has 3 aromatic rings. The van der Waals surface area contributed by atoms with Crippen LogP contribution in [0, 0.1) is 6.92 Å². The van der Waals surface area contributed by atoms with Gasteiger partial charge in [-0.15, -0.1) is 0 Å². The van der Waals surface area contributed by atoms with Gasteiger partial charge < -0.3 is 10.4 Å². The summed E-state index contributed by atoms with van der Waals surface area (Å²) in [6.07, 6.45) is 2.02. The number of aryl methyl sites for hydroxylation is 2. The molecule has 0 radical (unpaired) electrons. The van der Waals surface area contributed by atoms with Crippen LogP contribution in [-0.4, -0.2) is 14.9 Å². The predicted molar refractivity (Wildman–Crippen MR) is 84.1 cm³/mol. The second-order valence-electron chi connectivity index (χ2n) is 5.30. The van der Waals surface area contributed by atoms with E-state index in [0.717, 1.165) is 28.6 Å². The molecule has 0 atom stereocenters. The number of aromatic nitrogens is 2. The van der Waals surface area contributed by atoms with E-state index in [1.165, 1.54) is 5.56 Å². The number of nitrogens with zero attached hydrogens (tertiary/aromatic N) is 2. The Morgan fingerprint density at radius 1 is 1.14 bits per heavy atom. The zero-order valence-corrected chi connectivity index (χ0v) is 12.3. The molecule has 0 unspecified atom stereocenters. The molecule has 0 bridgehead atoms. The molecule has 0 aliphatic carbocycles. The normalized spacial score (nSPS) is 11.1. The number of nitrogens with one attached hydrogen (secondary N) is 1. The maximum Gasteiger partial charge on any atom is 0.120 e. The predicted octanol–water partition coefficient (Wildman–Crippen LogP) is 2.88. The van der Waals surface area contributed by atoms with Crippen LogP contribution in [0.3, 0.4) is 0 Å². The summed E-state index contributed by atoms with van der Waals surface area (Å²) in [6, 6.07) is 11.8. The summed E-state index contributed by atoms with van der Waals surface area (Å²) < 4.78 is 1.82. The van der Waals surface area contributed by atoms with Crippen LogP contribution in [0.5, 0.6) is 5.75 Å². The van der Waals surface area contributed by atoms with E-state index >= 15 is 0 Å². The van der Waals surface area contributed by atoms with Gasteiger partial charge in [-0.05, 0) is 23.8 Å². The van der Waals surface area contributed by atoms with Crippen LogP contribution in [0.4, 0.5) is 0 Å². The molecule has 0 amide bonds. The summed E-state index contributed by atoms with van der Waals surface area (Å²) in [6.45, 7) is 3.37. The quantitative estimate of drug-likeness (QED) is 0.773. The highest BCUT2D eigenvalue weighted by molar-refractivity contribution is 5.87. The zero-order valence-electron chi connectivity index (χ0n) is 12.3. The number of hydrogen-bond acceptors (Lipinski definition) is 3. The van der Waals surface area contributed by atoms with Crippen LogP contribution in [0.15, 0.2) is 42.6 Å². The van der Waals surface area contributed by atoms with E-state index in [-0.39, 0.29) is 0 Å². The van der Waals surface area contributed by atoms with Gasteiger partial charge >= 0.3 is 0 Å². The summed E-state index contributed by atoms with van der Waals surface area (Å²) in [5, 5.41) is 20.1. The van der Waals surface area contributed by atoms with E-state index in [1.54, 1.807) is 6.07 Å². The Bertz CT molecular complexity index is 777. The smallest absolute Gasteiger partial charge is 0.120 e. The first-order valence-corrected chi connectivity index (χ1v) is 7.04. The average molecular weight is 281 g/mol. The number of phenolic OH excluding ortho intramolecular Hbond substituents is 1. The van der Waals surface area contributed by atoms with Crippen molar-refractivity contribution in [2.75, 3.05) is 0 Å². The van der Waals surface area contributed by atoms with Crippen LogP contribution in [0.2, 0.25) is 0 Å². The van der Waals surface area contributed by atoms with Crippen molar-refractivity contribution in [3.8, 4) is 5.75 Å². The summed E-state index contributed by atoms with van der Waals surface area (Å²) in [4.78, 5) is 0. The van der Waals surface area contributed by atoms with Crippen molar-refractivity contribution >= 4 is 10.8 Å². The monoisotopic (exact) mass is 281 g/mol. The third kappa shape index (κ3) is 2.76. The van der Waals surface area contributed by atoms with Crippen LogP contribution >= 0.6 is 0 Å². The SMILES string of the molecule is Cc1nn(C)cc1CNCc1c(O)ccc2ccccc12. The van der Waals surface area contributed by atoms with Crippen LogP contribution < -0.4 is 5.32 Å². The highest BCUT2D eigenvalue weighted by atomic mass is 16.3. The molecule has 21 heavy (non-hydrogen) atoms. The molecule has 0 saturated heterocycles.